The van der Waals surface area contributed by atoms with E-state index < -0.39 is 5.97 Å². The molecule has 0 aliphatic carbocycles. The maximum absolute atomic E-state index is 10.8. The van der Waals surface area contributed by atoms with Crippen LogP contribution in [-0.2, 0) is 0 Å². The fourth-order valence-electron chi connectivity index (χ4n) is 2.03. The van der Waals surface area contributed by atoms with E-state index in [1.165, 1.54) is 5.56 Å². The van der Waals surface area contributed by atoms with Crippen molar-refractivity contribution in [3.63, 3.8) is 0 Å². The first-order valence-corrected chi connectivity index (χ1v) is 4.73. The molecule has 1 aromatic carbocycles. The van der Waals surface area contributed by atoms with E-state index in [1.54, 1.807) is 12.1 Å². The van der Waals surface area contributed by atoms with Crippen LogP contribution in [0.3, 0.4) is 0 Å². The van der Waals surface area contributed by atoms with Crippen molar-refractivity contribution in [1.29, 1.82) is 0 Å². The van der Waals surface area contributed by atoms with Crippen LogP contribution in [0, 0.1) is 0 Å². The van der Waals surface area contributed by atoms with E-state index in [0.717, 1.165) is 5.56 Å². The van der Waals surface area contributed by atoms with Gasteiger partial charge in [-0.1, -0.05) is 6.07 Å². The lowest BCUT2D eigenvalue weighted by molar-refractivity contribution is 0.0697. The fourth-order valence-corrected chi connectivity index (χ4v) is 2.03. The van der Waals surface area contributed by atoms with Crippen LogP contribution in [0.4, 0.5) is 0 Å². The summed E-state index contributed by atoms with van der Waals surface area (Å²) in [6, 6.07) is 5.90. The molecule has 0 spiro atoms. The highest BCUT2D eigenvalue weighted by Gasteiger charge is 2.24. The van der Waals surface area contributed by atoms with Gasteiger partial charge >= 0.3 is 5.97 Å². The van der Waals surface area contributed by atoms with Crippen LogP contribution in [0.25, 0.3) is 0 Å². The van der Waals surface area contributed by atoms with E-state index in [1.807, 2.05) is 13.0 Å². The predicted molar refractivity (Wildman–Crippen MR) is 53.4 cm³/mol. The molecule has 0 bridgehead atoms. The summed E-state index contributed by atoms with van der Waals surface area (Å²) >= 11 is 0. The van der Waals surface area contributed by atoms with Crippen LogP contribution < -0.4 is 5.32 Å². The number of carboxylic acids is 1. The molecule has 1 aliphatic heterocycles. The highest BCUT2D eigenvalue weighted by Crippen LogP contribution is 2.32. The zero-order valence-corrected chi connectivity index (χ0v) is 8.24. The maximum atomic E-state index is 10.8. The second kappa shape index (κ2) is 3.10. The zero-order chi connectivity index (χ0) is 10.3. The molecule has 2 unspecified atom stereocenters. The van der Waals surface area contributed by atoms with Crippen molar-refractivity contribution in [1.82, 2.24) is 5.32 Å². The highest BCUT2D eigenvalue weighted by molar-refractivity contribution is 5.88. The lowest BCUT2D eigenvalue weighted by atomic mass is 10.0. The molecule has 2 atom stereocenters. The quantitative estimate of drug-likeness (QED) is 0.714. The summed E-state index contributed by atoms with van der Waals surface area (Å²) < 4.78 is 0. The van der Waals surface area contributed by atoms with Crippen LogP contribution in [0.5, 0.6) is 0 Å². The first-order valence-electron chi connectivity index (χ1n) is 4.73. The topological polar surface area (TPSA) is 49.3 Å². The van der Waals surface area contributed by atoms with Crippen LogP contribution in [-0.4, -0.2) is 11.1 Å². The average Bonchev–Trinajstić information content (AvgIpc) is 2.42. The third-order valence-corrected chi connectivity index (χ3v) is 2.77. The molecule has 0 aromatic heterocycles. The van der Waals surface area contributed by atoms with Gasteiger partial charge in [0.2, 0.25) is 0 Å². The second-order valence-corrected chi connectivity index (χ2v) is 3.76. The van der Waals surface area contributed by atoms with Gasteiger partial charge in [-0.15, -0.1) is 0 Å². The number of fused-ring (bicyclic) bond motifs is 1. The van der Waals surface area contributed by atoms with E-state index in [4.69, 9.17) is 5.11 Å². The Balaban J connectivity index is 2.50. The van der Waals surface area contributed by atoms with E-state index in [0.29, 0.717) is 11.6 Å². The minimum absolute atomic E-state index is 0.249. The van der Waals surface area contributed by atoms with Gasteiger partial charge in [-0.2, -0.15) is 0 Å². The molecule has 0 radical (unpaired) electrons. The standard InChI is InChI=1S/C11H13NO2/c1-6-9-4-3-8(11(13)14)5-10(9)7(2)12-6/h3-7,12H,1-2H3,(H,13,14). The van der Waals surface area contributed by atoms with Crippen molar-refractivity contribution < 1.29 is 9.90 Å². The Morgan fingerprint density at radius 2 is 1.93 bits per heavy atom. The molecule has 3 nitrogen and oxygen atoms in total. The van der Waals surface area contributed by atoms with Crippen molar-refractivity contribution >= 4 is 5.97 Å². The molecule has 14 heavy (non-hydrogen) atoms. The molecule has 0 amide bonds. The molecule has 3 heteroatoms. The SMILES string of the molecule is CC1NC(C)c2cc(C(=O)O)ccc21. The van der Waals surface area contributed by atoms with Gasteiger partial charge < -0.3 is 10.4 Å². The molecule has 2 rings (SSSR count). The first-order chi connectivity index (χ1) is 6.59. The molecular weight excluding hydrogens is 178 g/mol. The number of nitrogens with one attached hydrogen (secondary N) is 1. The normalized spacial score (nSPS) is 24.7. The first kappa shape index (κ1) is 9.21. The molecular formula is C11H13NO2. The van der Waals surface area contributed by atoms with Crippen LogP contribution >= 0.6 is 0 Å². The van der Waals surface area contributed by atoms with E-state index in [9.17, 15) is 4.79 Å². The molecule has 0 saturated carbocycles. The Hall–Kier alpha value is -1.35. The Kier molecular flexibility index (Phi) is 2.04. The number of aromatic carboxylic acids is 1. The third-order valence-electron chi connectivity index (χ3n) is 2.77. The zero-order valence-electron chi connectivity index (χ0n) is 8.24. The van der Waals surface area contributed by atoms with Gasteiger partial charge in [0.15, 0.2) is 0 Å². The van der Waals surface area contributed by atoms with Gasteiger partial charge in [0, 0.05) is 12.1 Å². The summed E-state index contributed by atoms with van der Waals surface area (Å²) in [5.74, 6) is -0.862. The third kappa shape index (κ3) is 1.30. The summed E-state index contributed by atoms with van der Waals surface area (Å²) in [6.07, 6.45) is 0. The van der Waals surface area contributed by atoms with Crippen molar-refractivity contribution in [2.75, 3.05) is 0 Å². The van der Waals surface area contributed by atoms with Gasteiger partial charge in [0.25, 0.3) is 0 Å². The molecule has 1 aromatic rings. The van der Waals surface area contributed by atoms with E-state index >= 15 is 0 Å². The Bertz CT molecular complexity index is 387. The van der Waals surface area contributed by atoms with Gasteiger partial charge in [0.05, 0.1) is 5.56 Å². The van der Waals surface area contributed by atoms with Crippen molar-refractivity contribution in [3.8, 4) is 0 Å². The van der Waals surface area contributed by atoms with Gasteiger partial charge in [-0.05, 0) is 37.1 Å². The number of carboxylic acid groups (broad SMARTS) is 1. The predicted octanol–water partition coefficient (Wildman–Crippen LogP) is 2.11. The Morgan fingerprint density at radius 1 is 1.29 bits per heavy atom. The molecule has 1 aliphatic rings. The number of benzene rings is 1. The van der Waals surface area contributed by atoms with Crippen LogP contribution in [0.15, 0.2) is 18.2 Å². The molecule has 0 fully saturated rings. The number of rotatable bonds is 1. The summed E-state index contributed by atoms with van der Waals surface area (Å²) in [6.45, 7) is 4.14. The van der Waals surface area contributed by atoms with Crippen LogP contribution in [0.1, 0.15) is 47.4 Å². The highest BCUT2D eigenvalue weighted by atomic mass is 16.4. The summed E-state index contributed by atoms with van der Waals surface area (Å²) in [4.78, 5) is 10.8. The van der Waals surface area contributed by atoms with Gasteiger partial charge in [0.1, 0.15) is 0 Å². The summed E-state index contributed by atoms with van der Waals surface area (Å²) in [7, 11) is 0. The Labute approximate surface area is 82.8 Å². The minimum Gasteiger partial charge on any atom is -0.478 e. The number of hydrogen-bond acceptors (Lipinski definition) is 2. The molecule has 0 saturated heterocycles. The van der Waals surface area contributed by atoms with Crippen molar-refractivity contribution in [2.24, 2.45) is 0 Å². The minimum atomic E-state index is -0.862. The molecule has 2 N–H and O–H groups in total. The van der Waals surface area contributed by atoms with Gasteiger partial charge in [-0.25, -0.2) is 4.79 Å². The average molecular weight is 191 g/mol. The summed E-state index contributed by atoms with van der Waals surface area (Å²) in [5.41, 5.74) is 2.69. The smallest absolute Gasteiger partial charge is 0.335 e. The number of carbonyl (C=O) groups is 1. The molecule has 74 valence electrons. The summed E-state index contributed by atoms with van der Waals surface area (Å²) in [5, 5.41) is 12.2. The largest absolute Gasteiger partial charge is 0.478 e. The lowest BCUT2D eigenvalue weighted by Gasteiger charge is -2.04. The fraction of sp³-hybridized carbons (Fsp3) is 0.364. The van der Waals surface area contributed by atoms with Crippen molar-refractivity contribution in [2.45, 2.75) is 25.9 Å². The van der Waals surface area contributed by atoms with Gasteiger partial charge in [-0.3, -0.25) is 0 Å². The van der Waals surface area contributed by atoms with E-state index in [-0.39, 0.29) is 6.04 Å². The molecule has 1 heterocycles. The van der Waals surface area contributed by atoms with Crippen LogP contribution in [0.2, 0.25) is 0 Å². The monoisotopic (exact) mass is 191 g/mol. The number of hydrogen-bond donors (Lipinski definition) is 2. The lowest BCUT2D eigenvalue weighted by Crippen LogP contribution is -2.11. The van der Waals surface area contributed by atoms with Crippen molar-refractivity contribution in [3.05, 3.63) is 34.9 Å². The van der Waals surface area contributed by atoms with E-state index in [2.05, 4.69) is 12.2 Å². The Morgan fingerprint density at radius 3 is 2.57 bits per heavy atom. The maximum Gasteiger partial charge on any atom is 0.335 e. The second-order valence-electron chi connectivity index (χ2n) is 3.76.